The molecule has 230 valence electrons. The van der Waals surface area contributed by atoms with Crippen molar-refractivity contribution in [3.8, 4) is 11.1 Å². The van der Waals surface area contributed by atoms with E-state index in [1.807, 2.05) is 6.92 Å². The van der Waals surface area contributed by atoms with Crippen LogP contribution < -0.4 is 10.6 Å². The van der Waals surface area contributed by atoms with Crippen molar-refractivity contribution in [3.63, 3.8) is 0 Å². The number of nitrogens with zero attached hydrogens (tertiary/aromatic N) is 3. The number of rotatable bonds is 8. The summed E-state index contributed by atoms with van der Waals surface area (Å²) in [6.45, 7) is 1.27. The Morgan fingerprint density at radius 3 is 2.45 bits per heavy atom. The molecule has 1 aliphatic rings. The molecule has 0 aliphatic heterocycles. The van der Waals surface area contributed by atoms with Crippen molar-refractivity contribution in [1.82, 2.24) is 25.4 Å². The van der Waals surface area contributed by atoms with Crippen LogP contribution in [0, 0.1) is 23.4 Å². The quantitative estimate of drug-likeness (QED) is 0.254. The van der Waals surface area contributed by atoms with E-state index in [1.165, 1.54) is 25.4 Å². The lowest BCUT2D eigenvalue weighted by molar-refractivity contribution is -0.142. The molecular formula is C31H27F6N5O2. The molecule has 2 aromatic heterocycles. The minimum absolute atomic E-state index is 0.0551. The van der Waals surface area contributed by atoms with Gasteiger partial charge in [0.25, 0.3) is 5.91 Å². The highest BCUT2D eigenvalue weighted by atomic mass is 19.4. The Bertz CT molecular complexity index is 1710. The third kappa shape index (κ3) is 6.46. The summed E-state index contributed by atoms with van der Waals surface area (Å²) in [5, 5.41) is 8.82. The van der Waals surface area contributed by atoms with Crippen molar-refractivity contribution in [2.45, 2.75) is 44.9 Å². The van der Waals surface area contributed by atoms with Gasteiger partial charge < -0.3 is 10.6 Å². The second-order valence-corrected chi connectivity index (χ2v) is 10.8. The number of hydrogen-bond acceptors (Lipinski definition) is 4. The molecule has 2 aromatic carbocycles. The Morgan fingerprint density at radius 1 is 1.05 bits per heavy atom. The summed E-state index contributed by atoms with van der Waals surface area (Å²) in [7, 11) is 1.35. The molecule has 1 aliphatic carbocycles. The highest BCUT2D eigenvalue weighted by molar-refractivity contribution is 5.95. The molecule has 0 radical (unpaired) electrons. The third-order valence-corrected chi connectivity index (χ3v) is 7.44. The van der Waals surface area contributed by atoms with Crippen LogP contribution in [0.1, 0.15) is 51.5 Å². The smallest absolute Gasteiger partial charge is 0.355 e. The Kier molecular flexibility index (Phi) is 8.49. The van der Waals surface area contributed by atoms with Crippen molar-refractivity contribution < 1.29 is 35.9 Å². The highest BCUT2D eigenvalue weighted by Gasteiger charge is 2.41. The molecular weight excluding hydrogens is 588 g/mol. The fourth-order valence-electron chi connectivity index (χ4n) is 5.58. The van der Waals surface area contributed by atoms with Crippen molar-refractivity contribution in [3.05, 3.63) is 106 Å². The van der Waals surface area contributed by atoms with Gasteiger partial charge in [-0.3, -0.25) is 19.3 Å². The number of halogens is 6. The van der Waals surface area contributed by atoms with E-state index >= 15 is 0 Å². The second kappa shape index (κ2) is 12.1. The van der Waals surface area contributed by atoms with Gasteiger partial charge in [0.1, 0.15) is 24.0 Å². The zero-order valence-corrected chi connectivity index (χ0v) is 23.6. The summed E-state index contributed by atoms with van der Waals surface area (Å²) in [6.07, 6.45) is -2.92. The summed E-state index contributed by atoms with van der Waals surface area (Å²) in [6, 6.07) is 8.84. The monoisotopic (exact) mass is 615 g/mol. The number of carbonyl (C=O) groups excluding carboxylic acids is 2. The van der Waals surface area contributed by atoms with Crippen molar-refractivity contribution in [1.29, 1.82) is 0 Å². The molecule has 7 nitrogen and oxygen atoms in total. The van der Waals surface area contributed by atoms with E-state index in [4.69, 9.17) is 0 Å². The van der Waals surface area contributed by atoms with E-state index in [-0.39, 0.29) is 41.1 Å². The summed E-state index contributed by atoms with van der Waals surface area (Å²) < 4.78 is 84.8. The molecule has 1 unspecified atom stereocenters. The van der Waals surface area contributed by atoms with Crippen LogP contribution in [0.25, 0.3) is 11.1 Å². The van der Waals surface area contributed by atoms with Gasteiger partial charge in [-0.2, -0.15) is 18.3 Å². The number of amides is 2. The van der Waals surface area contributed by atoms with Gasteiger partial charge >= 0.3 is 6.18 Å². The number of fused-ring (bicyclic) bond motifs is 1. The Balaban J connectivity index is 1.53. The van der Waals surface area contributed by atoms with Crippen LogP contribution in [0.15, 0.2) is 54.7 Å². The van der Waals surface area contributed by atoms with Gasteiger partial charge in [0, 0.05) is 36.1 Å². The largest absolute Gasteiger partial charge is 0.435 e. The standard InChI is InChI=1S/C31H27F6N5O2/c1-16-8-23-26(9-16)42(41-29(23)31(35,36)37)15-27(43)40-25(12-17-10-19(32)14-20(33)11-17)28-21(4-3-7-39-28)18-5-6-24(34)22(13-18)30(44)38-2/h3-7,10-11,13-14,16,25H,8-9,12,15H2,1-2H3,(H,38,44)(H,40,43)/t16?,25-/m0/s1. The Morgan fingerprint density at radius 2 is 1.77 bits per heavy atom. The Hall–Kier alpha value is -4.68. The van der Waals surface area contributed by atoms with Crippen LogP contribution in [0.3, 0.4) is 0 Å². The Labute approximate surface area is 248 Å². The van der Waals surface area contributed by atoms with Crippen molar-refractivity contribution >= 4 is 11.8 Å². The maximum Gasteiger partial charge on any atom is 0.435 e. The van der Waals surface area contributed by atoms with Gasteiger partial charge in [0.2, 0.25) is 5.91 Å². The molecule has 0 bridgehead atoms. The topological polar surface area (TPSA) is 88.9 Å². The number of pyridine rings is 1. The number of carbonyl (C=O) groups is 2. The fraction of sp³-hybridized carbons (Fsp3) is 0.290. The fourth-order valence-corrected chi connectivity index (χ4v) is 5.58. The molecule has 2 heterocycles. The SMILES string of the molecule is CNC(=O)c1cc(-c2cccnc2[C@H](Cc2cc(F)cc(F)c2)NC(=O)Cn2nc(C(F)(F)F)c3c2CC(C)C3)ccc1F. The van der Waals surface area contributed by atoms with Crippen LogP contribution in [-0.4, -0.2) is 33.6 Å². The van der Waals surface area contributed by atoms with E-state index in [1.54, 1.807) is 12.1 Å². The summed E-state index contributed by atoms with van der Waals surface area (Å²) in [5.41, 5.74) is 0.272. The maximum absolute atomic E-state index is 14.4. The predicted octanol–water partition coefficient (Wildman–Crippen LogP) is 5.58. The van der Waals surface area contributed by atoms with Gasteiger partial charge in [-0.15, -0.1) is 0 Å². The van der Waals surface area contributed by atoms with Crippen molar-refractivity contribution in [2.75, 3.05) is 7.05 Å². The molecule has 2 atom stereocenters. The molecule has 13 heteroatoms. The highest BCUT2D eigenvalue weighted by Crippen LogP contribution is 2.38. The van der Waals surface area contributed by atoms with Gasteiger partial charge in [0.05, 0.1) is 17.3 Å². The molecule has 2 N–H and O–H groups in total. The first-order chi connectivity index (χ1) is 20.8. The van der Waals surface area contributed by atoms with E-state index in [2.05, 4.69) is 20.7 Å². The van der Waals surface area contributed by atoms with E-state index in [9.17, 15) is 35.9 Å². The van der Waals surface area contributed by atoms with Gasteiger partial charge in [-0.1, -0.05) is 19.1 Å². The lowest BCUT2D eigenvalue weighted by atomic mass is 9.94. The van der Waals surface area contributed by atoms with Crippen LogP contribution in [0.5, 0.6) is 0 Å². The lowest BCUT2D eigenvalue weighted by Crippen LogP contribution is -2.34. The minimum Gasteiger partial charge on any atom is -0.355 e. The van der Waals surface area contributed by atoms with E-state index in [0.29, 0.717) is 29.3 Å². The molecule has 5 rings (SSSR count). The molecule has 0 spiro atoms. The molecule has 0 fully saturated rings. The molecule has 4 aromatic rings. The number of aromatic nitrogens is 3. The van der Waals surface area contributed by atoms with Crippen LogP contribution in [0.2, 0.25) is 0 Å². The average molecular weight is 616 g/mol. The lowest BCUT2D eigenvalue weighted by Gasteiger charge is -2.22. The summed E-state index contributed by atoms with van der Waals surface area (Å²) >= 11 is 0. The first kappa shape index (κ1) is 30.8. The normalized spacial score (nSPS) is 15.1. The molecule has 0 saturated heterocycles. The zero-order valence-electron chi connectivity index (χ0n) is 23.6. The van der Waals surface area contributed by atoms with Crippen molar-refractivity contribution in [2.24, 2.45) is 5.92 Å². The van der Waals surface area contributed by atoms with Gasteiger partial charge in [-0.25, -0.2) is 13.2 Å². The average Bonchev–Trinajstić information content (AvgIpc) is 3.49. The molecule has 0 saturated carbocycles. The number of benzene rings is 2. The first-order valence-electron chi connectivity index (χ1n) is 13.7. The van der Waals surface area contributed by atoms with Gasteiger partial charge in [0.15, 0.2) is 5.69 Å². The second-order valence-electron chi connectivity index (χ2n) is 10.8. The van der Waals surface area contributed by atoms with E-state index in [0.717, 1.165) is 22.9 Å². The zero-order chi connectivity index (χ0) is 31.8. The molecule has 44 heavy (non-hydrogen) atoms. The van der Waals surface area contributed by atoms with Crippen LogP contribution in [0.4, 0.5) is 26.3 Å². The number of alkyl halides is 3. The minimum atomic E-state index is -4.69. The third-order valence-electron chi connectivity index (χ3n) is 7.44. The summed E-state index contributed by atoms with van der Waals surface area (Å²) in [5.74, 6) is -3.90. The maximum atomic E-state index is 14.4. The van der Waals surface area contributed by atoms with Crippen LogP contribution >= 0.6 is 0 Å². The number of nitrogens with one attached hydrogen (secondary N) is 2. The predicted molar refractivity (Wildman–Crippen MR) is 148 cm³/mol. The molecule has 2 amide bonds. The van der Waals surface area contributed by atoms with Crippen LogP contribution in [-0.2, 0) is 36.8 Å². The number of hydrogen-bond donors (Lipinski definition) is 2. The van der Waals surface area contributed by atoms with Gasteiger partial charge in [-0.05, 0) is 66.6 Å². The first-order valence-corrected chi connectivity index (χ1v) is 13.7. The summed E-state index contributed by atoms with van der Waals surface area (Å²) in [4.78, 5) is 30.1. The van der Waals surface area contributed by atoms with E-state index < -0.39 is 53.7 Å².